The molecule has 0 unspecified atom stereocenters. The van der Waals surface area contributed by atoms with Gasteiger partial charge < -0.3 is 42.6 Å². The first kappa shape index (κ1) is 38.2. The molecular formula is C20H46O4P2S4Sn. The van der Waals surface area contributed by atoms with Gasteiger partial charge in [0.15, 0.2) is 0 Å². The average molecular weight is 660 g/mol. The summed E-state index contributed by atoms with van der Waals surface area (Å²) < 4.78 is 24.0. The van der Waals surface area contributed by atoms with Gasteiger partial charge in [0.25, 0.3) is 0 Å². The van der Waals surface area contributed by atoms with Crippen LogP contribution in [0.5, 0.6) is 0 Å². The van der Waals surface area contributed by atoms with E-state index in [4.69, 9.17) is 66.2 Å². The van der Waals surface area contributed by atoms with Crippen LogP contribution in [0.2, 0.25) is 8.87 Å². The van der Waals surface area contributed by atoms with Gasteiger partial charge in [0.1, 0.15) is 0 Å². The van der Waals surface area contributed by atoms with E-state index in [1.54, 1.807) is 8.87 Å². The van der Waals surface area contributed by atoms with Crippen LogP contribution in [-0.2, 0) is 66.2 Å². The molecule has 4 nitrogen and oxygen atoms in total. The Kier molecular flexibility index (Phi) is 35.6. The summed E-state index contributed by atoms with van der Waals surface area (Å²) in [5.74, 6) is 0. The van der Waals surface area contributed by atoms with Gasteiger partial charge in [-0.15, -0.1) is 0 Å². The molecule has 0 fully saturated rings. The number of hydrogen-bond acceptors (Lipinski definition) is 8. The summed E-state index contributed by atoms with van der Waals surface area (Å²) >= 11 is 20.0. The van der Waals surface area contributed by atoms with Crippen LogP contribution in [0.25, 0.3) is 0 Å². The molecule has 11 heteroatoms. The van der Waals surface area contributed by atoms with Crippen LogP contribution in [0.3, 0.4) is 0 Å². The minimum absolute atomic E-state index is 0.149. The SMILES string of the molecule is CCCOP(=S)([S-])OCCC.CCCOP(=S)([S-])OCCC.CCC[CH2][Sn+2][CH2]CCC. The summed E-state index contributed by atoms with van der Waals surface area (Å²) in [6.07, 6.45) is 9.58. The van der Waals surface area contributed by atoms with E-state index in [2.05, 4.69) is 13.8 Å². The van der Waals surface area contributed by atoms with E-state index in [-0.39, 0.29) is 21.1 Å². The van der Waals surface area contributed by atoms with Crippen molar-refractivity contribution >= 4 is 80.6 Å². The second-order valence-corrected chi connectivity index (χ2v) is 20.9. The molecule has 0 aliphatic rings. The standard InChI is InChI=1S/2C6H15O2PS2.2C4H9.Sn/c2*1-3-5-7-9(10,11)8-6-4-2;2*1-3-4-2;/h2*3-6H2,1-2H3,(H,10,11);2*1,3-4H2,2H3;/q;;;;+2/p-2. The van der Waals surface area contributed by atoms with E-state index in [1.165, 1.54) is 25.7 Å². The summed E-state index contributed by atoms with van der Waals surface area (Å²) in [5, 5.41) is 0. The van der Waals surface area contributed by atoms with Crippen LogP contribution in [0.1, 0.15) is 92.9 Å². The molecule has 0 saturated carbocycles. The third kappa shape index (κ3) is 37.4. The number of unbranched alkanes of at least 4 members (excludes halogenated alkanes) is 2. The molecule has 0 radical (unpaired) electrons. The summed E-state index contributed by atoms with van der Waals surface area (Å²) in [4.78, 5) is 0. The van der Waals surface area contributed by atoms with Gasteiger partial charge in [0.2, 0.25) is 0 Å². The van der Waals surface area contributed by atoms with Crippen LogP contribution in [-0.4, -0.2) is 47.6 Å². The fourth-order valence-corrected chi connectivity index (χ4v) is 9.34. The second kappa shape index (κ2) is 28.9. The minimum atomic E-state index is -2.31. The van der Waals surface area contributed by atoms with E-state index in [9.17, 15) is 0 Å². The first-order chi connectivity index (χ1) is 14.7. The molecule has 0 aromatic heterocycles. The molecule has 31 heavy (non-hydrogen) atoms. The van der Waals surface area contributed by atoms with Gasteiger partial charge >= 0.3 is 69.5 Å². The van der Waals surface area contributed by atoms with Crippen molar-refractivity contribution in [1.29, 1.82) is 0 Å². The molecule has 0 aromatic carbocycles. The van der Waals surface area contributed by atoms with Crippen molar-refractivity contribution in [1.82, 2.24) is 0 Å². The number of rotatable bonds is 18. The molecule has 188 valence electrons. The van der Waals surface area contributed by atoms with Crippen LogP contribution < -0.4 is 0 Å². The fourth-order valence-electron chi connectivity index (χ4n) is 1.62. The van der Waals surface area contributed by atoms with Gasteiger partial charge in [0, 0.05) is 0 Å². The summed E-state index contributed by atoms with van der Waals surface area (Å²) in [6, 6.07) is 0. The van der Waals surface area contributed by atoms with Crippen molar-refractivity contribution in [3.8, 4) is 0 Å². The predicted molar refractivity (Wildman–Crippen MR) is 153 cm³/mol. The van der Waals surface area contributed by atoms with E-state index < -0.39 is 11.4 Å². The first-order valence-electron chi connectivity index (χ1n) is 11.6. The zero-order valence-electron chi connectivity index (χ0n) is 20.6. The second-order valence-electron chi connectivity index (χ2n) is 6.68. The van der Waals surface area contributed by atoms with Gasteiger partial charge in [0.05, 0.1) is 37.8 Å². The van der Waals surface area contributed by atoms with Crippen LogP contribution in [0.4, 0.5) is 0 Å². The Morgan fingerprint density at radius 2 is 0.806 bits per heavy atom. The summed E-state index contributed by atoms with van der Waals surface area (Å²) in [7, 11) is 0. The monoisotopic (exact) mass is 660 g/mol. The van der Waals surface area contributed by atoms with E-state index in [0.717, 1.165) is 25.7 Å². The summed E-state index contributed by atoms with van der Waals surface area (Å²) in [6.45, 7) is 15.1. The topological polar surface area (TPSA) is 36.9 Å². The van der Waals surface area contributed by atoms with E-state index in [1.807, 2.05) is 27.7 Å². The van der Waals surface area contributed by atoms with Gasteiger partial charge in [-0.05, 0) is 25.7 Å². The Hall–Kier alpha value is 2.64. The summed E-state index contributed by atoms with van der Waals surface area (Å²) in [5.41, 5.74) is -4.62. The van der Waals surface area contributed by atoms with Gasteiger partial charge in [-0.1, -0.05) is 51.3 Å². The predicted octanol–water partition coefficient (Wildman–Crippen LogP) is 8.35. The van der Waals surface area contributed by atoms with E-state index in [0.29, 0.717) is 26.4 Å². The first-order valence-corrected chi connectivity index (χ1v) is 22.9. The van der Waals surface area contributed by atoms with Crippen molar-refractivity contribution in [2.24, 2.45) is 0 Å². The Labute approximate surface area is 225 Å². The molecule has 0 heterocycles. The van der Waals surface area contributed by atoms with Crippen molar-refractivity contribution in [2.75, 3.05) is 26.4 Å². The molecule has 0 aromatic rings. The molecule has 0 amide bonds. The fraction of sp³-hybridized carbons (Fsp3) is 1.00. The molecule has 0 rings (SSSR count). The molecule has 0 aliphatic carbocycles. The van der Waals surface area contributed by atoms with Crippen LogP contribution >= 0.6 is 11.4 Å². The van der Waals surface area contributed by atoms with Crippen molar-refractivity contribution in [3.63, 3.8) is 0 Å². The molecular weight excluding hydrogens is 613 g/mol. The molecule has 0 bridgehead atoms. The zero-order chi connectivity index (χ0) is 24.4. The van der Waals surface area contributed by atoms with Crippen molar-refractivity contribution in [3.05, 3.63) is 0 Å². The number of hydrogen-bond donors (Lipinski definition) is 0. The Bertz CT molecular complexity index is 387. The van der Waals surface area contributed by atoms with Gasteiger partial charge in [-0.2, -0.15) is 0 Å². The van der Waals surface area contributed by atoms with E-state index >= 15 is 0 Å². The maximum atomic E-state index is 5.20. The average Bonchev–Trinajstić information content (AvgIpc) is 2.74. The molecule has 0 spiro atoms. The molecule has 0 N–H and O–H groups in total. The normalized spacial score (nSPS) is 11.1. The Morgan fingerprint density at radius 1 is 0.548 bits per heavy atom. The molecule has 0 saturated heterocycles. The van der Waals surface area contributed by atoms with Crippen LogP contribution in [0, 0.1) is 0 Å². The third-order valence-corrected chi connectivity index (χ3v) is 11.8. The van der Waals surface area contributed by atoms with Gasteiger partial charge in [-0.25, -0.2) is 0 Å². The van der Waals surface area contributed by atoms with Crippen LogP contribution in [0.15, 0.2) is 0 Å². The Morgan fingerprint density at radius 3 is 1.00 bits per heavy atom. The molecule has 0 atom stereocenters. The zero-order valence-corrected chi connectivity index (χ0v) is 28.5. The van der Waals surface area contributed by atoms with Gasteiger partial charge in [-0.3, -0.25) is 0 Å². The Balaban J connectivity index is -0.000000382. The van der Waals surface area contributed by atoms with Crippen molar-refractivity contribution in [2.45, 2.75) is 102 Å². The molecule has 0 aliphatic heterocycles. The maximum absolute atomic E-state index is 5.20. The quantitative estimate of drug-likeness (QED) is 0.0630. The third-order valence-electron chi connectivity index (χ3n) is 3.23. The van der Waals surface area contributed by atoms with Crippen molar-refractivity contribution < 1.29 is 18.1 Å².